The fourth-order valence-electron chi connectivity index (χ4n) is 6.37. The molecule has 6 heterocycles. The number of amidine groups is 1. The number of anilines is 3. The molecule has 2 aromatic heterocycles. The summed E-state index contributed by atoms with van der Waals surface area (Å²) in [5.41, 5.74) is 3.86. The molecule has 0 spiro atoms. The van der Waals surface area contributed by atoms with Crippen LogP contribution in [0.4, 0.5) is 17.3 Å². The van der Waals surface area contributed by atoms with Gasteiger partial charge >= 0.3 is 5.97 Å². The number of rotatable bonds is 5. The van der Waals surface area contributed by atoms with E-state index in [1.807, 2.05) is 35.5 Å². The molecule has 2 atom stereocenters. The first kappa shape index (κ1) is 26.1. The third-order valence-corrected chi connectivity index (χ3v) is 8.68. The van der Waals surface area contributed by atoms with Gasteiger partial charge in [-0.3, -0.25) is 0 Å². The first-order valence-corrected chi connectivity index (χ1v) is 14.9. The lowest BCUT2D eigenvalue weighted by Crippen LogP contribution is -2.48. The highest BCUT2D eigenvalue weighted by Gasteiger charge is 2.37. The number of piperidine rings is 1. The van der Waals surface area contributed by atoms with Crippen LogP contribution in [0.1, 0.15) is 49.9 Å². The van der Waals surface area contributed by atoms with Gasteiger partial charge in [0.25, 0.3) is 0 Å². The monoisotopic (exact) mass is 558 g/mol. The number of ether oxygens (including phenoxy) is 2. The van der Waals surface area contributed by atoms with Gasteiger partial charge in [-0.25, -0.2) is 14.8 Å². The van der Waals surface area contributed by atoms with Crippen LogP contribution < -0.4 is 14.7 Å². The molecule has 2 unspecified atom stereocenters. The standard InChI is InChI=1S/C30H38N8O3/c1-3-41-30(39)29-32-28(21-9-4-5-10-23(21)34(29)2)37-14-7-6-11-24(37)22-19-26-31-25(35-12-8-13-35)20-27(38(26)33-22)36-15-17-40-18-16-36/h4-5,9-10,19-20,24,29H,3,6-8,11-18H2,1-2H3. The average molecular weight is 559 g/mol. The molecule has 11 heteroatoms. The summed E-state index contributed by atoms with van der Waals surface area (Å²) in [6.45, 7) is 8.16. The van der Waals surface area contributed by atoms with Crippen LogP contribution in [-0.2, 0) is 14.3 Å². The molecule has 0 N–H and O–H groups in total. The molecule has 0 aliphatic carbocycles. The minimum atomic E-state index is -0.725. The third kappa shape index (κ3) is 4.65. The van der Waals surface area contributed by atoms with E-state index in [1.54, 1.807) is 0 Å². The van der Waals surface area contributed by atoms with Gasteiger partial charge in [0.05, 0.1) is 31.6 Å². The van der Waals surface area contributed by atoms with E-state index in [4.69, 9.17) is 24.5 Å². The Bertz CT molecular complexity index is 1460. The van der Waals surface area contributed by atoms with E-state index in [0.29, 0.717) is 19.8 Å². The maximum Gasteiger partial charge on any atom is 0.351 e. The predicted molar refractivity (Wildman–Crippen MR) is 158 cm³/mol. The van der Waals surface area contributed by atoms with Crippen LogP contribution in [0.2, 0.25) is 0 Å². The summed E-state index contributed by atoms with van der Waals surface area (Å²) < 4.78 is 13.1. The average Bonchev–Trinajstić information content (AvgIpc) is 3.41. The van der Waals surface area contributed by atoms with Gasteiger partial charge < -0.3 is 29.1 Å². The quantitative estimate of drug-likeness (QED) is 0.438. The molecule has 0 bridgehead atoms. The van der Waals surface area contributed by atoms with Crippen LogP contribution >= 0.6 is 0 Å². The molecule has 0 saturated carbocycles. The number of likely N-dealkylation sites (tertiary alicyclic amines) is 1. The van der Waals surface area contributed by atoms with E-state index in [2.05, 4.69) is 39.0 Å². The Morgan fingerprint density at radius 3 is 2.63 bits per heavy atom. The second-order valence-corrected chi connectivity index (χ2v) is 11.2. The summed E-state index contributed by atoms with van der Waals surface area (Å²) >= 11 is 0. The molecule has 3 saturated heterocycles. The van der Waals surface area contributed by atoms with Crippen LogP contribution in [0.25, 0.3) is 5.65 Å². The minimum absolute atomic E-state index is 0.0218. The van der Waals surface area contributed by atoms with E-state index >= 15 is 0 Å². The van der Waals surface area contributed by atoms with Gasteiger partial charge in [0.1, 0.15) is 17.5 Å². The second-order valence-electron chi connectivity index (χ2n) is 11.2. The summed E-state index contributed by atoms with van der Waals surface area (Å²) in [4.78, 5) is 32.1. The highest BCUT2D eigenvalue weighted by molar-refractivity contribution is 6.07. The van der Waals surface area contributed by atoms with E-state index in [9.17, 15) is 4.79 Å². The van der Waals surface area contributed by atoms with Gasteiger partial charge in [0.2, 0.25) is 6.17 Å². The van der Waals surface area contributed by atoms with Crippen molar-refractivity contribution in [3.05, 3.63) is 47.7 Å². The fourth-order valence-corrected chi connectivity index (χ4v) is 6.37. The molecule has 41 heavy (non-hydrogen) atoms. The van der Waals surface area contributed by atoms with Crippen LogP contribution in [0.5, 0.6) is 0 Å². The maximum atomic E-state index is 13.0. The molecule has 0 radical (unpaired) electrons. The lowest BCUT2D eigenvalue weighted by Gasteiger charge is -2.41. The zero-order chi connectivity index (χ0) is 27.9. The highest BCUT2D eigenvalue weighted by atomic mass is 16.5. The van der Waals surface area contributed by atoms with Crippen molar-refractivity contribution in [2.45, 2.75) is 44.8 Å². The number of esters is 1. The van der Waals surface area contributed by atoms with E-state index < -0.39 is 6.17 Å². The fraction of sp³-hybridized carbons (Fsp3) is 0.533. The van der Waals surface area contributed by atoms with E-state index in [0.717, 1.165) is 92.0 Å². The molecule has 4 aliphatic heterocycles. The number of nitrogens with zero attached hydrogens (tertiary/aromatic N) is 8. The van der Waals surface area contributed by atoms with Crippen molar-refractivity contribution in [1.29, 1.82) is 0 Å². The van der Waals surface area contributed by atoms with Gasteiger partial charge in [0, 0.05) is 63.2 Å². The number of aromatic nitrogens is 3. The Balaban J connectivity index is 1.30. The van der Waals surface area contributed by atoms with Gasteiger partial charge in [0.15, 0.2) is 5.65 Å². The van der Waals surface area contributed by atoms with Crippen LogP contribution in [0.15, 0.2) is 41.4 Å². The summed E-state index contributed by atoms with van der Waals surface area (Å²) in [5.74, 6) is 2.59. The Morgan fingerprint density at radius 2 is 1.85 bits per heavy atom. The van der Waals surface area contributed by atoms with Gasteiger partial charge in [-0.05, 0) is 44.7 Å². The molecule has 4 aliphatic rings. The summed E-state index contributed by atoms with van der Waals surface area (Å²) in [7, 11) is 1.91. The minimum Gasteiger partial charge on any atom is -0.463 e. The third-order valence-electron chi connectivity index (χ3n) is 8.68. The molecular weight excluding hydrogens is 520 g/mol. The molecule has 11 nitrogen and oxygen atoms in total. The number of morpholine rings is 1. The summed E-state index contributed by atoms with van der Waals surface area (Å²) in [5, 5.41) is 5.21. The van der Waals surface area contributed by atoms with Crippen molar-refractivity contribution < 1.29 is 14.3 Å². The zero-order valence-electron chi connectivity index (χ0n) is 23.9. The van der Waals surface area contributed by atoms with Crippen molar-refractivity contribution in [3.8, 4) is 0 Å². The number of fused-ring (bicyclic) bond motifs is 2. The summed E-state index contributed by atoms with van der Waals surface area (Å²) in [6.07, 6.45) is 3.59. The molecular formula is C30H38N8O3. The Morgan fingerprint density at radius 1 is 1.02 bits per heavy atom. The molecule has 216 valence electrons. The number of carbonyl (C=O) groups excluding carboxylic acids is 1. The Hall–Kier alpha value is -3.86. The number of likely N-dealkylation sites (N-methyl/N-ethyl adjacent to an activating group) is 1. The maximum absolute atomic E-state index is 13.0. The van der Waals surface area contributed by atoms with Crippen LogP contribution in [0.3, 0.4) is 0 Å². The number of para-hydroxylation sites is 1. The first-order chi connectivity index (χ1) is 20.1. The van der Waals surface area contributed by atoms with Crippen molar-refractivity contribution in [1.82, 2.24) is 19.5 Å². The van der Waals surface area contributed by atoms with Crippen LogP contribution in [0, 0.1) is 0 Å². The van der Waals surface area contributed by atoms with Gasteiger partial charge in [-0.2, -0.15) is 9.61 Å². The molecule has 0 amide bonds. The topological polar surface area (TPSA) is 91.0 Å². The van der Waals surface area contributed by atoms with Crippen molar-refractivity contribution in [2.75, 3.05) is 74.3 Å². The Kier molecular flexibility index (Phi) is 6.90. The van der Waals surface area contributed by atoms with E-state index in [1.165, 1.54) is 6.42 Å². The second kappa shape index (κ2) is 10.8. The molecule has 3 aromatic rings. The number of hydrogen-bond donors (Lipinski definition) is 0. The number of hydrogen-bond acceptors (Lipinski definition) is 10. The molecule has 1 aromatic carbocycles. The van der Waals surface area contributed by atoms with Crippen LogP contribution in [-0.4, -0.2) is 97.1 Å². The number of aliphatic imine (C=N–C) groups is 1. The lowest BCUT2D eigenvalue weighted by atomic mass is 9.96. The predicted octanol–water partition coefficient (Wildman–Crippen LogP) is 3.09. The number of carbonyl (C=O) groups is 1. The largest absolute Gasteiger partial charge is 0.463 e. The van der Waals surface area contributed by atoms with E-state index in [-0.39, 0.29) is 12.0 Å². The SMILES string of the molecule is CCOC(=O)C1N=C(N2CCCCC2c2cc3nc(N4CCC4)cc(N4CCOCC4)n3n2)c2ccccc2N1C. The van der Waals surface area contributed by atoms with Crippen molar-refractivity contribution in [3.63, 3.8) is 0 Å². The van der Waals surface area contributed by atoms with Crippen molar-refractivity contribution in [2.24, 2.45) is 4.99 Å². The van der Waals surface area contributed by atoms with Crippen molar-refractivity contribution >= 4 is 34.8 Å². The smallest absolute Gasteiger partial charge is 0.351 e. The molecule has 3 fully saturated rings. The summed E-state index contributed by atoms with van der Waals surface area (Å²) in [6, 6.07) is 12.6. The zero-order valence-corrected chi connectivity index (χ0v) is 23.9. The molecule has 7 rings (SSSR count). The van der Waals surface area contributed by atoms with Gasteiger partial charge in [-0.1, -0.05) is 12.1 Å². The highest BCUT2D eigenvalue weighted by Crippen LogP contribution is 2.37. The normalized spacial score (nSPS) is 22.8. The first-order valence-electron chi connectivity index (χ1n) is 14.9. The lowest BCUT2D eigenvalue weighted by molar-refractivity contribution is -0.144. The van der Waals surface area contributed by atoms with Gasteiger partial charge in [-0.15, -0.1) is 0 Å². The number of benzene rings is 1. The Labute approximate surface area is 240 Å².